The van der Waals surface area contributed by atoms with Crippen LogP contribution in [0, 0.1) is 5.92 Å². The maximum atomic E-state index is 13.2. The Morgan fingerprint density at radius 3 is 2.67 bits per heavy atom. The zero-order chi connectivity index (χ0) is 23.4. The lowest BCUT2D eigenvalue weighted by Gasteiger charge is -2.47. The highest BCUT2D eigenvalue weighted by Crippen LogP contribution is 2.32. The predicted molar refractivity (Wildman–Crippen MR) is 128 cm³/mol. The molecule has 2 aliphatic heterocycles. The van der Waals surface area contributed by atoms with Gasteiger partial charge in [-0.2, -0.15) is 0 Å². The average molecular weight is 498 g/mol. The number of carbonyl (C=O) groups excluding carboxylic acids is 2. The average Bonchev–Trinajstić information content (AvgIpc) is 2.82. The molecule has 0 spiro atoms. The maximum Gasteiger partial charge on any atom is 0.239 e. The molecule has 1 aromatic carbocycles. The molecule has 2 saturated heterocycles. The predicted octanol–water partition coefficient (Wildman–Crippen LogP) is 1.15. The van der Waals surface area contributed by atoms with Crippen LogP contribution < -0.4 is 10.6 Å². The standard InChI is InChI=1S/C23H33Cl2N5O3/c24-19-3-1-16(11-20(19)25)13-26-22(32)14-30-15-27-21-4-2-17(12-18(21)23(30)33)29-7-5-28(6-8-29)9-10-31/h1,3,11,17-18,21,27,31H,2,4-10,12-15H2,(H,26,32). The van der Waals surface area contributed by atoms with E-state index in [1.54, 1.807) is 17.0 Å². The number of piperazine rings is 1. The van der Waals surface area contributed by atoms with Crippen LogP contribution in [0.2, 0.25) is 10.0 Å². The van der Waals surface area contributed by atoms with E-state index in [0.717, 1.165) is 57.5 Å². The number of aliphatic hydroxyl groups is 1. The number of hydrogen-bond acceptors (Lipinski definition) is 6. The Kier molecular flexibility index (Phi) is 8.48. The Labute approximate surface area is 205 Å². The number of amides is 2. The third-order valence-corrected chi connectivity index (χ3v) is 7.88. The third kappa shape index (κ3) is 6.18. The van der Waals surface area contributed by atoms with Gasteiger partial charge in [-0.15, -0.1) is 0 Å². The van der Waals surface area contributed by atoms with Crippen molar-refractivity contribution in [1.82, 2.24) is 25.3 Å². The lowest BCUT2D eigenvalue weighted by atomic mass is 9.79. The minimum absolute atomic E-state index is 0.0425. The van der Waals surface area contributed by atoms with Crippen LogP contribution >= 0.6 is 23.2 Å². The number of fused-ring (bicyclic) bond motifs is 1. The molecule has 182 valence electrons. The van der Waals surface area contributed by atoms with Gasteiger partial charge in [0.05, 0.1) is 29.2 Å². The van der Waals surface area contributed by atoms with E-state index in [1.807, 2.05) is 6.07 Å². The molecule has 33 heavy (non-hydrogen) atoms. The summed E-state index contributed by atoms with van der Waals surface area (Å²) in [5, 5.41) is 16.4. The summed E-state index contributed by atoms with van der Waals surface area (Å²) in [6.07, 6.45) is 2.90. The summed E-state index contributed by atoms with van der Waals surface area (Å²) in [5.41, 5.74) is 0.857. The van der Waals surface area contributed by atoms with Crippen molar-refractivity contribution in [3.8, 4) is 0 Å². The van der Waals surface area contributed by atoms with E-state index >= 15 is 0 Å². The highest BCUT2D eigenvalue weighted by Gasteiger charge is 2.42. The maximum absolute atomic E-state index is 13.2. The van der Waals surface area contributed by atoms with Crippen LogP contribution in [-0.2, 0) is 16.1 Å². The molecule has 3 N–H and O–H groups in total. The number of aliphatic hydroxyl groups excluding tert-OH is 1. The molecule has 3 unspecified atom stereocenters. The largest absolute Gasteiger partial charge is 0.395 e. The molecule has 0 aromatic heterocycles. The molecular weight excluding hydrogens is 465 g/mol. The minimum Gasteiger partial charge on any atom is -0.395 e. The van der Waals surface area contributed by atoms with E-state index in [-0.39, 0.29) is 36.9 Å². The van der Waals surface area contributed by atoms with E-state index in [9.17, 15) is 9.59 Å². The second-order valence-corrected chi connectivity index (χ2v) is 10.0. The van der Waals surface area contributed by atoms with Gasteiger partial charge in [-0.25, -0.2) is 0 Å². The third-order valence-electron chi connectivity index (χ3n) is 7.14. The van der Waals surface area contributed by atoms with Crippen LogP contribution in [0.25, 0.3) is 0 Å². The van der Waals surface area contributed by atoms with Gasteiger partial charge in [-0.05, 0) is 37.0 Å². The van der Waals surface area contributed by atoms with Crippen molar-refractivity contribution in [2.24, 2.45) is 5.92 Å². The molecule has 0 bridgehead atoms. The molecule has 10 heteroatoms. The fraction of sp³-hybridized carbons (Fsp3) is 0.652. The molecule has 3 atom stereocenters. The smallest absolute Gasteiger partial charge is 0.239 e. The summed E-state index contributed by atoms with van der Waals surface area (Å²) in [6, 6.07) is 5.85. The van der Waals surface area contributed by atoms with Gasteiger partial charge in [-0.1, -0.05) is 29.3 Å². The van der Waals surface area contributed by atoms with Crippen molar-refractivity contribution >= 4 is 35.0 Å². The van der Waals surface area contributed by atoms with Gasteiger partial charge in [0.2, 0.25) is 11.8 Å². The number of rotatable bonds is 7. The number of nitrogens with one attached hydrogen (secondary N) is 2. The lowest BCUT2D eigenvalue weighted by molar-refractivity contribution is -0.146. The van der Waals surface area contributed by atoms with Gasteiger partial charge in [0, 0.05) is 51.4 Å². The van der Waals surface area contributed by atoms with Crippen LogP contribution in [0.5, 0.6) is 0 Å². The summed E-state index contributed by atoms with van der Waals surface area (Å²) in [4.78, 5) is 32.2. The van der Waals surface area contributed by atoms with Crippen LogP contribution in [-0.4, -0.2) is 96.2 Å². The van der Waals surface area contributed by atoms with Gasteiger partial charge in [0.25, 0.3) is 0 Å². The van der Waals surface area contributed by atoms with E-state index in [4.69, 9.17) is 28.3 Å². The molecular formula is C23H33Cl2N5O3. The van der Waals surface area contributed by atoms with Crippen LogP contribution in [0.4, 0.5) is 0 Å². The van der Waals surface area contributed by atoms with Crippen LogP contribution in [0.15, 0.2) is 18.2 Å². The van der Waals surface area contributed by atoms with E-state index in [1.165, 1.54) is 0 Å². The normalized spacial score (nSPS) is 26.8. The van der Waals surface area contributed by atoms with Gasteiger partial charge < -0.3 is 15.3 Å². The minimum atomic E-state index is -0.193. The van der Waals surface area contributed by atoms with Crippen molar-refractivity contribution in [2.45, 2.75) is 37.9 Å². The molecule has 8 nitrogen and oxygen atoms in total. The monoisotopic (exact) mass is 497 g/mol. The fourth-order valence-electron chi connectivity index (χ4n) is 5.24. The SMILES string of the molecule is O=C(CN1CNC2CCC(N3CCN(CCO)CC3)CC2C1=O)NCc1ccc(Cl)c(Cl)c1. The van der Waals surface area contributed by atoms with Gasteiger partial charge in [0.15, 0.2) is 0 Å². The molecule has 0 radical (unpaired) electrons. The molecule has 2 heterocycles. The van der Waals surface area contributed by atoms with Crippen LogP contribution in [0.1, 0.15) is 24.8 Å². The molecule has 1 aromatic rings. The summed E-state index contributed by atoms with van der Waals surface area (Å²) < 4.78 is 0. The van der Waals surface area contributed by atoms with Crippen molar-refractivity contribution in [2.75, 3.05) is 52.5 Å². The number of nitrogens with zero attached hydrogens (tertiary/aromatic N) is 3. The van der Waals surface area contributed by atoms with Gasteiger partial charge in [-0.3, -0.25) is 24.7 Å². The quantitative estimate of drug-likeness (QED) is 0.523. The summed E-state index contributed by atoms with van der Waals surface area (Å²) in [7, 11) is 0. The first-order valence-corrected chi connectivity index (χ1v) is 12.5. The first-order valence-electron chi connectivity index (χ1n) is 11.7. The van der Waals surface area contributed by atoms with Crippen LogP contribution in [0.3, 0.4) is 0 Å². The zero-order valence-corrected chi connectivity index (χ0v) is 20.3. The Morgan fingerprint density at radius 1 is 1.15 bits per heavy atom. The topological polar surface area (TPSA) is 88.2 Å². The van der Waals surface area contributed by atoms with Crippen molar-refractivity contribution in [3.05, 3.63) is 33.8 Å². The Hall–Kier alpha value is -1.42. The first-order chi connectivity index (χ1) is 15.9. The lowest BCUT2D eigenvalue weighted by Crippen LogP contribution is -2.62. The number of halogens is 2. The highest BCUT2D eigenvalue weighted by molar-refractivity contribution is 6.42. The van der Waals surface area contributed by atoms with Crippen molar-refractivity contribution < 1.29 is 14.7 Å². The summed E-state index contributed by atoms with van der Waals surface area (Å²) >= 11 is 12.0. The Balaban J connectivity index is 1.27. The van der Waals surface area contributed by atoms with E-state index < -0.39 is 0 Å². The number of carbonyl (C=O) groups is 2. The second kappa shape index (κ2) is 11.3. The molecule has 2 amide bonds. The zero-order valence-electron chi connectivity index (χ0n) is 18.8. The van der Waals surface area contributed by atoms with E-state index in [2.05, 4.69) is 20.4 Å². The summed E-state index contributed by atoms with van der Waals surface area (Å²) in [6.45, 7) is 5.59. The first kappa shape index (κ1) is 24.7. The molecule has 1 aliphatic carbocycles. The highest BCUT2D eigenvalue weighted by atomic mass is 35.5. The Morgan fingerprint density at radius 2 is 1.94 bits per heavy atom. The fourth-order valence-corrected chi connectivity index (χ4v) is 5.56. The molecule has 4 rings (SSSR count). The van der Waals surface area contributed by atoms with Gasteiger partial charge in [0.1, 0.15) is 6.54 Å². The molecule has 1 saturated carbocycles. The molecule has 3 aliphatic rings. The number of β-amino-alcohol motifs (C(OH)–C–C–N with tert-alkyl or cyclic N) is 1. The van der Waals surface area contributed by atoms with Crippen molar-refractivity contribution in [3.63, 3.8) is 0 Å². The van der Waals surface area contributed by atoms with E-state index in [0.29, 0.717) is 29.3 Å². The number of hydrogen-bond donors (Lipinski definition) is 3. The van der Waals surface area contributed by atoms with Gasteiger partial charge >= 0.3 is 0 Å². The number of benzene rings is 1. The second-order valence-electron chi connectivity index (χ2n) is 9.20. The Bertz CT molecular complexity index is 849. The van der Waals surface area contributed by atoms with Crippen molar-refractivity contribution in [1.29, 1.82) is 0 Å². The molecule has 3 fully saturated rings. The summed E-state index contributed by atoms with van der Waals surface area (Å²) in [5.74, 6) is -0.204.